The Kier molecular flexibility index (Phi) is 4.86. The van der Waals surface area contributed by atoms with E-state index in [0.29, 0.717) is 16.8 Å². The van der Waals surface area contributed by atoms with Crippen LogP contribution in [0.15, 0.2) is 29.3 Å². The number of carbonyl (C=O) groups is 1. The maximum Gasteiger partial charge on any atom is 0.433 e. The number of amides is 1. The summed E-state index contributed by atoms with van der Waals surface area (Å²) in [4.78, 5) is 19.8. The normalized spacial score (nSPS) is 14.5. The second kappa shape index (κ2) is 6.84. The molecule has 1 aliphatic rings. The van der Waals surface area contributed by atoms with Gasteiger partial charge in [0, 0.05) is 11.6 Å². The summed E-state index contributed by atoms with van der Waals surface area (Å²) in [6, 6.07) is 4.95. The Labute approximate surface area is 158 Å². The Morgan fingerprint density at radius 2 is 2.04 bits per heavy atom. The number of halogens is 4. The van der Waals surface area contributed by atoms with Crippen LogP contribution in [0, 0.1) is 0 Å². The predicted octanol–water partition coefficient (Wildman–Crippen LogP) is 4.08. The van der Waals surface area contributed by atoms with Crippen LogP contribution in [0.5, 0.6) is 0 Å². The second-order valence-corrected chi connectivity index (χ2v) is 6.83. The van der Waals surface area contributed by atoms with E-state index in [0.717, 1.165) is 12.1 Å². The van der Waals surface area contributed by atoms with Gasteiger partial charge in [0.25, 0.3) is 0 Å². The van der Waals surface area contributed by atoms with E-state index in [4.69, 9.17) is 17.3 Å². The molecule has 0 saturated heterocycles. The largest absolute Gasteiger partial charge is 0.433 e. The number of nitrogens with zero attached hydrogens (tertiary/aromatic N) is 2. The van der Waals surface area contributed by atoms with Crippen molar-refractivity contribution in [3.8, 4) is 0 Å². The van der Waals surface area contributed by atoms with Crippen molar-refractivity contribution in [3.05, 3.63) is 51.8 Å². The molecule has 1 aliphatic heterocycles. The zero-order chi connectivity index (χ0) is 19.9. The van der Waals surface area contributed by atoms with Crippen molar-refractivity contribution in [2.75, 3.05) is 11.1 Å². The molecule has 27 heavy (non-hydrogen) atoms. The van der Waals surface area contributed by atoms with E-state index >= 15 is 0 Å². The van der Waals surface area contributed by atoms with Gasteiger partial charge in [0.1, 0.15) is 11.4 Å². The number of rotatable bonds is 3. The van der Waals surface area contributed by atoms with Crippen LogP contribution in [0.25, 0.3) is 0 Å². The van der Waals surface area contributed by atoms with E-state index in [9.17, 15) is 18.0 Å². The number of fused-ring (bicyclic) bond motifs is 1. The molecule has 1 amide bonds. The molecule has 5 nitrogen and oxygen atoms in total. The molecule has 0 saturated carbocycles. The van der Waals surface area contributed by atoms with Gasteiger partial charge in [-0.1, -0.05) is 11.6 Å². The third-order valence-electron chi connectivity index (χ3n) is 3.89. The van der Waals surface area contributed by atoms with E-state index in [-0.39, 0.29) is 40.5 Å². The SMILES string of the molecule is CC(C)N=C(c1cc(Cl)c2c(c1)CC(=O)N2)c1nc(C(F)(F)F)ccc1N. The van der Waals surface area contributed by atoms with Crippen molar-refractivity contribution in [2.24, 2.45) is 4.99 Å². The molecule has 0 aliphatic carbocycles. The van der Waals surface area contributed by atoms with E-state index < -0.39 is 11.9 Å². The Bertz CT molecular complexity index is 954. The molecular formula is C18H16ClF3N4O. The van der Waals surface area contributed by atoms with Gasteiger partial charge in [0.15, 0.2) is 0 Å². The summed E-state index contributed by atoms with van der Waals surface area (Å²) in [6.07, 6.45) is -4.49. The molecule has 3 N–H and O–H groups in total. The first-order valence-electron chi connectivity index (χ1n) is 8.10. The Hall–Kier alpha value is -2.61. The summed E-state index contributed by atoms with van der Waals surface area (Å²) in [7, 11) is 0. The molecule has 9 heteroatoms. The molecule has 0 fully saturated rings. The van der Waals surface area contributed by atoms with Gasteiger partial charge in [-0.3, -0.25) is 9.79 Å². The fourth-order valence-corrected chi connectivity index (χ4v) is 3.07. The third-order valence-corrected chi connectivity index (χ3v) is 4.19. The fourth-order valence-electron chi connectivity index (χ4n) is 2.78. The highest BCUT2D eigenvalue weighted by Crippen LogP contribution is 2.34. The number of hydrogen-bond donors (Lipinski definition) is 2. The van der Waals surface area contributed by atoms with Crippen molar-refractivity contribution in [1.29, 1.82) is 0 Å². The minimum Gasteiger partial charge on any atom is -0.397 e. The summed E-state index contributed by atoms with van der Waals surface area (Å²) >= 11 is 6.25. The number of hydrogen-bond acceptors (Lipinski definition) is 4. The molecule has 1 aromatic carbocycles. The highest BCUT2D eigenvalue weighted by Gasteiger charge is 2.33. The number of benzene rings is 1. The lowest BCUT2D eigenvalue weighted by molar-refractivity contribution is -0.141. The number of aliphatic imine (C=N–C) groups is 1. The van der Waals surface area contributed by atoms with Crippen LogP contribution in [0.3, 0.4) is 0 Å². The minimum absolute atomic E-state index is 0.0632. The van der Waals surface area contributed by atoms with Gasteiger partial charge >= 0.3 is 6.18 Å². The molecule has 2 heterocycles. The summed E-state index contributed by atoms with van der Waals surface area (Å²) in [5.74, 6) is -0.205. The van der Waals surface area contributed by atoms with Crippen LogP contribution < -0.4 is 11.1 Å². The number of alkyl halides is 3. The van der Waals surface area contributed by atoms with Crippen LogP contribution in [0.1, 0.15) is 36.4 Å². The van der Waals surface area contributed by atoms with Crippen LogP contribution >= 0.6 is 11.6 Å². The van der Waals surface area contributed by atoms with Gasteiger partial charge in [-0.2, -0.15) is 13.2 Å². The number of pyridine rings is 1. The zero-order valence-electron chi connectivity index (χ0n) is 14.5. The van der Waals surface area contributed by atoms with Gasteiger partial charge < -0.3 is 11.1 Å². The molecule has 142 valence electrons. The standard InChI is InChI=1S/C18H16ClF3N4O/c1-8(2)24-16(17-12(23)3-4-13(25-17)18(20,21)22)9-5-10-7-14(27)26-15(10)11(19)6-9/h3-6,8H,7,23H2,1-2H3,(H,26,27). The average molecular weight is 397 g/mol. The number of aromatic nitrogens is 1. The fraction of sp³-hybridized carbons (Fsp3) is 0.278. The molecule has 0 bridgehead atoms. The third kappa shape index (κ3) is 3.90. The lowest BCUT2D eigenvalue weighted by atomic mass is 10.0. The maximum atomic E-state index is 13.1. The van der Waals surface area contributed by atoms with Crippen molar-refractivity contribution in [2.45, 2.75) is 32.5 Å². The first-order valence-corrected chi connectivity index (χ1v) is 8.48. The Balaban J connectivity index is 2.20. The van der Waals surface area contributed by atoms with E-state index in [1.165, 1.54) is 6.07 Å². The summed E-state index contributed by atoms with van der Waals surface area (Å²) in [5.41, 5.74) is 6.61. The number of nitrogens with one attached hydrogen (secondary N) is 1. The van der Waals surface area contributed by atoms with Crippen molar-refractivity contribution in [3.63, 3.8) is 0 Å². The summed E-state index contributed by atoms with van der Waals surface area (Å²) in [5, 5.41) is 2.93. The number of anilines is 2. The second-order valence-electron chi connectivity index (χ2n) is 6.42. The first kappa shape index (κ1) is 19.2. The first-order chi connectivity index (χ1) is 12.6. The summed E-state index contributed by atoms with van der Waals surface area (Å²) < 4.78 is 39.3. The van der Waals surface area contributed by atoms with Crippen LogP contribution in [-0.4, -0.2) is 22.6 Å². The van der Waals surface area contributed by atoms with Crippen molar-refractivity contribution in [1.82, 2.24) is 4.98 Å². The molecule has 1 aromatic heterocycles. The maximum absolute atomic E-state index is 13.1. The van der Waals surface area contributed by atoms with E-state index in [1.807, 2.05) is 0 Å². The zero-order valence-corrected chi connectivity index (χ0v) is 15.2. The summed E-state index contributed by atoms with van der Waals surface area (Å²) in [6.45, 7) is 3.56. The molecule has 0 atom stereocenters. The highest BCUT2D eigenvalue weighted by molar-refractivity contribution is 6.35. The van der Waals surface area contributed by atoms with Crippen LogP contribution in [-0.2, 0) is 17.4 Å². The van der Waals surface area contributed by atoms with Gasteiger partial charge in [0.2, 0.25) is 5.91 Å². The van der Waals surface area contributed by atoms with E-state index in [2.05, 4.69) is 15.3 Å². The molecule has 2 aromatic rings. The lowest BCUT2D eigenvalue weighted by Crippen LogP contribution is -2.17. The molecule has 0 spiro atoms. The number of nitrogens with two attached hydrogens (primary N) is 1. The molecule has 0 radical (unpaired) electrons. The van der Waals surface area contributed by atoms with Crippen molar-refractivity contribution >= 4 is 34.6 Å². The van der Waals surface area contributed by atoms with Gasteiger partial charge in [-0.05, 0) is 43.7 Å². The lowest BCUT2D eigenvalue weighted by Gasteiger charge is -2.15. The Morgan fingerprint density at radius 3 is 2.67 bits per heavy atom. The topological polar surface area (TPSA) is 80.4 Å². The Morgan fingerprint density at radius 1 is 1.33 bits per heavy atom. The van der Waals surface area contributed by atoms with Gasteiger partial charge in [-0.25, -0.2) is 4.98 Å². The number of nitrogen functional groups attached to an aromatic ring is 1. The average Bonchev–Trinajstić information content (AvgIpc) is 2.93. The molecule has 3 rings (SSSR count). The smallest absolute Gasteiger partial charge is 0.397 e. The van der Waals surface area contributed by atoms with Crippen LogP contribution in [0.4, 0.5) is 24.5 Å². The minimum atomic E-state index is -4.61. The van der Waals surface area contributed by atoms with Crippen LogP contribution in [0.2, 0.25) is 5.02 Å². The number of carbonyl (C=O) groups excluding carboxylic acids is 1. The predicted molar refractivity (Wildman–Crippen MR) is 98.2 cm³/mol. The molecule has 0 unspecified atom stereocenters. The van der Waals surface area contributed by atoms with E-state index in [1.54, 1.807) is 19.9 Å². The van der Waals surface area contributed by atoms with Gasteiger partial charge in [-0.15, -0.1) is 0 Å². The highest BCUT2D eigenvalue weighted by atomic mass is 35.5. The van der Waals surface area contributed by atoms with Crippen molar-refractivity contribution < 1.29 is 18.0 Å². The van der Waals surface area contributed by atoms with Gasteiger partial charge in [0.05, 0.1) is 28.5 Å². The molecular weight excluding hydrogens is 381 g/mol. The monoisotopic (exact) mass is 396 g/mol. The quantitative estimate of drug-likeness (QED) is 0.767.